The second kappa shape index (κ2) is 17.0. The highest BCUT2D eigenvalue weighted by Gasteiger charge is 2.22. The lowest BCUT2D eigenvalue weighted by Gasteiger charge is -2.37. The Morgan fingerprint density at radius 2 is 1.58 bits per heavy atom. The van der Waals surface area contributed by atoms with Gasteiger partial charge in [-0.05, 0) is 48.0 Å². The Morgan fingerprint density at radius 1 is 0.921 bits per heavy atom. The van der Waals surface area contributed by atoms with Gasteiger partial charge in [0.05, 0.1) is 35.6 Å². The molecule has 1 aliphatic rings. The summed E-state index contributed by atoms with van der Waals surface area (Å²) >= 11 is 5.54. The summed E-state index contributed by atoms with van der Waals surface area (Å²) in [5.41, 5.74) is 2.80. The predicted octanol–water partition coefficient (Wildman–Crippen LogP) is 5.02. The van der Waals surface area contributed by atoms with E-state index in [4.69, 9.17) is 26.7 Å². The largest absolute Gasteiger partial charge is 0.491 e. The van der Waals surface area contributed by atoms with E-state index in [1.165, 1.54) is 0 Å². The van der Waals surface area contributed by atoms with Crippen LogP contribution < -0.4 is 9.64 Å². The Kier molecular flexibility index (Phi) is 13.7. The summed E-state index contributed by atoms with van der Waals surface area (Å²) in [6, 6.07) is 26.2. The molecule has 0 bridgehead atoms. The van der Waals surface area contributed by atoms with Crippen molar-refractivity contribution >= 4 is 17.3 Å². The Morgan fingerprint density at radius 3 is 2.11 bits per heavy atom. The van der Waals surface area contributed by atoms with E-state index in [0.717, 1.165) is 42.5 Å². The highest BCUT2D eigenvalue weighted by molar-refractivity contribution is 6.30. The summed E-state index contributed by atoms with van der Waals surface area (Å²) in [6.07, 6.45) is -0.605. The number of halogens is 1. The maximum Gasteiger partial charge on any atom is 0.120 e. The second-order valence-corrected chi connectivity index (χ2v) is 8.63. The lowest BCUT2D eigenvalue weighted by atomic mass is 10.1. The van der Waals surface area contributed by atoms with Crippen molar-refractivity contribution in [3.8, 4) is 17.9 Å². The van der Waals surface area contributed by atoms with Crippen molar-refractivity contribution in [3.05, 3.63) is 94.5 Å². The number of benzene rings is 3. The SMILES string of the molecule is CC.Clc1ccccc1.N#Cc1ccc(C(O)CN2CCN(c3ccc(OCCO)cc3C#N)CC2)cc1. The van der Waals surface area contributed by atoms with Crippen LogP contribution in [0.4, 0.5) is 5.69 Å². The van der Waals surface area contributed by atoms with Crippen LogP contribution in [-0.2, 0) is 0 Å². The third-order valence-electron chi connectivity index (χ3n) is 5.75. The summed E-state index contributed by atoms with van der Waals surface area (Å²) in [7, 11) is 0. The molecule has 2 N–H and O–H groups in total. The Balaban J connectivity index is 0.000000481. The molecule has 4 rings (SSSR count). The van der Waals surface area contributed by atoms with Gasteiger partial charge in [-0.1, -0.05) is 55.8 Å². The van der Waals surface area contributed by atoms with Crippen LogP contribution in [0.15, 0.2) is 72.8 Å². The number of rotatable bonds is 7. The molecule has 8 heteroatoms. The number of anilines is 1. The molecule has 0 radical (unpaired) electrons. The van der Waals surface area contributed by atoms with Crippen molar-refractivity contribution in [1.29, 1.82) is 10.5 Å². The van der Waals surface area contributed by atoms with E-state index in [1.807, 2.05) is 56.3 Å². The zero-order valence-corrected chi connectivity index (χ0v) is 22.7. The van der Waals surface area contributed by atoms with Crippen LogP contribution in [0.5, 0.6) is 5.75 Å². The first-order chi connectivity index (χ1) is 18.5. The minimum Gasteiger partial charge on any atom is -0.491 e. The van der Waals surface area contributed by atoms with Crippen LogP contribution in [-0.4, -0.2) is 61.1 Å². The van der Waals surface area contributed by atoms with Crippen molar-refractivity contribution in [2.45, 2.75) is 20.0 Å². The molecule has 38 heavy (non-hydrogen) atoms. The third kappa shape index (κ3) is 9.70. The molecule has 0 spiro atoms. The van der Waals surface area contributed by atoms with Crippen LogP contribution in [0.25, 0.3) is 0 Å². The van der Waals surface area contributed by atoms with Crippen molar-refractivity contribution in [1.82, 2.24) is 4.90 Å². The summed E-state index contributed by atoms with van der Waals surface area (Å²) in [6.45, 7) is 7.72. The summed E-state index contributed by atoms with van der Waals surface area (Å²) in [5, 5.41) is 38.5. The molecule has 0 aromatic heterocycles. The number of hydrogen-bond acceptors (Lipinski definition) is 7. The van der Waals surface area contributed by atoms with Gasteiger partial charge in [0.15, 0.2) is 0 Å². The highest BCUT2D eigenvalue weighted by Crippen LogP contribution is 2.26. The average Bonchev–Trinajstić information content (AvgIpc) is 2.98. The fourth-order valence-corrected chi connectivity index (χ4v) is 4.00. The van der Waals surface area contributed by atoms with Gasteiger partial charge in [0.25, 0.3) is 0 Å². The standard InChI is InChI=1S/C22H24N4O3.C6H5Cl.C2H6/c23-14-17-1-3-18(4-2-17)22(28)16-25-7-9-26(10-8-25)21-6-5-20(29-12-11-27)13-19(21)15-24;7-6-4-2-1-3-5-6;1-2/h1-6,13,22,27-28H,7-12,16H2;1-5H;1-2H3. The zero-order valence-electron chi connectivity index (χ0n) is 21.9. The monoisotopic (exact) mass is 534 g/mol. The molecule has 1 aliphatic heterocycles. The lowest BCUT2D eigenvalue weighted by Crippen LogP contribution is -2.47. The number of nitrogens with zero attached hydrogens (tertiary/aromatic N) is 4. The molecule has 200 valence electrons. The molecule has 7 nitrogen and oxygen atoms in total. The van der Waals surface area contributed by atoms with Crippen molar-refractivity contribution in [2.75, 3.05) is 50.8 Å². The van der Waals surface area contributed by atoms with Crippen molar-refractivity contribution in [3.63, 3.8) is 0 Å². The molecule has 1 saturated heterocycles. The van der Waals surface area contributed by atoms with Gasteiger partial charge in [0.1, 0.15) is 18.4 Å². The first-order valence-corrected chi connectivity index (χ1v) is 13.1. The molecule has 1 unspecified atom stereocenters. The molecular weight excluding hydrogens is 500 g/mol. The van der Waals surface area contributed by atoms with Crippen molar-refractivity contribution < 1.29 is 14.9 Å². The predicted molar refractivity (Wildman–Crippen MR) is 151 cm³/mol. The molecule has 0 amide bonds. The Bertz CT molecular complexity index is 1170. The first-order valence-electron chi connectivity index (χ1n) is 12.7. The lowest BCUT2D eigenvalue weighted by molar-refractivity contribution is 0.109. The number of aliphatic hydroxyl groups excluding tert-OH is 2. The van der Waals surface area contributed by atoms with Gasteiger partial charge >= 0.3 is 0 Å². The number of piperazine rings is 1. The number of β-amino-alcohol motifs (C(OH)–C–C–N with tert-alkyl or cyclic N) is 1. The maximum atomic E-state index is 10.5. The van der Waals surface area contributed by atoms with Crippen molar-refractivity contribution in [2.24, 2.45) is 0 Å². The van der Waals surface area contributed by atoms with Gasteiger partial charge in [0.2, 0.25) is 0 Å². The third-order valence-corrected chi connectivity index (χ3v) is 6.00. The van der Waals surface area contributed by atoms with E-state index in [0.29, 0.717) is 23.4 Å². The summed E-state index contributed by atoms with van der Waals surface area (Å²) in [5.74, 6) is 0.573. The minimum absolute atomic E-state index is 0.0695. The van der Waals surface area contributed by atoms with Gasteiger partial charge in [-0.2, -0.15) is 10.5 Å². The van der Waals surface area contributed by atoms with Crippen LogP contribution in [0, 0.1) is 22.7 Å². The Hall–Kier alpha value is -3.59. The molecule has 1 atom stereocenters. The molecule has 1 fully saturated rings. The van der Waals surface area contributed by atoms with Gasteiger partial charge in [-0.25, -0.2) is 0 Å². The smallest absolute Gasteiger partial charge is 0.120 e. The van der Waals surface area contributed by atoms with E-state index in [2.05, 4.69) is 21.9 Å². The fraction of sp³-hybridized carbons (Fsp3) is 0.333. The molecule has 0 saturated carbocycles. The van der Waals surface area contributed by atoms with Gasteiger partial charge in [0, 0.05) is 37.7 Å². The quantitative estimate of drug-likeness (QED) is 0.438. The van der Waals surface area contributed by atoms with Gasteiger partial charge < -0.3 is 19.8 Å². The number of aliphatic hydroxyl groups is 2. The molecule has 3 aromatic carbocycles. The van der Waals surface area contributed by atoms with Crippen LogP contribution in [0.2, 0.25) is 5.02 Å². The van der Waals surface area contributed by atoms with Crippen LogP contribution in [0.1, 0.15) is 36.6 Å². The summed E-state index contributed by atoms with van der Waals surface area (Å²) < 4.78 is 5.38. The first kappa shape index (κ1) is 30.6. The fourth-order valence-electron chi connectivity index (χ4n) is 3.85. The number of ether oxygens (including phenoxy) is 1. The van der Waals surface area contributed by atoms with Gasteiger partial charge in [-0.3, -0.25) is 4.90 Å². The van der Waals surface area contributed by atoms with Crippen LogP contribution >= 0.6 is 11.6 Å². The molecular formula is C30H35ClN4O3. The summed E-state index contributed by atoms with van der Waals surface area (Å²) in [4.78, 5) is 4.36. The van der Waals surface area contributed by atoms with E-state index >= 15 is 0 Å². The van der Waals surface area contributed by atoms with E-state index in [9.17, 15) is 10.4 Å². The van der Waals surface area contributed by atoms with Crippen LogP contribution in [0.3, 0.4) is 0 Å². The van der Waals surface area contributed by atoms with Gasteiger partial charge in [-0.15, -0.1) is 0 Å². The number of hydrogen-bond donors (Lipinski definition) is 2. The van der Waals surface area contributed by atoms with E-state index < -0.39 is 6.10 Å². The zero-order chi connectivity index (χ0) is 27.8. The second-order valence-electron chi connectivity index (χ2n) is 8.20. The van der Waals surface area contributed by atoms with E-state index in [1.54, 1.807) is 30.3 Å². The molecule has 1 heterocycles. The minimum atomic E-state index is -0.605. The number of nitriles is 2. The normalized spacial score (nSPS) is 13.5. The van der Waals surface area contributed by atoms with E-state index in [-0.39, 0.29) is 13.2 Å². The highest BCUT2D eigenvalue weighted by atomic mass is 35.5. The molecule has 0 aliphatic carbocycles. The topological polar surface area (TPSA) is 104 Å². The average molecular weight is 535 g/mol. The Labute approximate surface area is 230 Å². The molecule has 3 aromatic rings. The maximum absolute atomic E-state index is 10.5.